The van der Waals surface area contributed by atoms with Crippen LogP contribution in [0.1, 0.15) is 50.5 Å². The van der Waals surface area contributed by atoms with Gasteiger partial charge in [0, 0.05) is 38.5 Å². The van der Waals surface area contributed by atoms with Gasteiger partial charge in [-0.3, -0.25) is 4.79 Å². The van der Waals surface area contributed by atoms with E-state index >= 15 is 0 Å². The zero-order valence-electron chi connectivity index (χ0n) is 13.8. The standard InChI is InChI=1S/C16H26N4OS/c1-11(2)14-17-18-16(22-14)20-8-6-12(7-9-20)10-19(3)15(21)13-4-5-13/h11-13H,4-10H2,1-3H3. The summed E-state index contributed by atoms with van der Waals surface area (Å²) in [6, 6.07) is 0. The molecule has 0 aromatic carbocycles. The molecule has 1 saturated heterocycles. The third-order valence-electron chi connectivity index (χ3n) is 4.64. The second kappa shape index (κ2) is 6.52. The Labute approximate surface area is 136 Å². The molecule has 1 saturated carbocycles. The number of carbonyl (C=O) groups is 1. The molecule has 0 unspecified atom stereocenters. The number of carbonyl (C=O) groups excluding carboxylic acids is 1. The molecular formula is C16H26N4OS. The minimum Gasteiger partial charge on any atom is -0.347 e. The third-order valence-corrected chi connectivity index (χ3v) is 5.93. The van der Waals surface area contributed by atoms with Crippen molar-refractivity contribution in [3.05, 3.63) is 5.01 Å². The summed E-state index contributed by atoms with van der Waals surface area (Å²) in [5, 5.41) is 10.8. The zero-order valence-corrected chi connectivity index (χ0v) is 14.6. The molecule has 1 aliphatic carbocycles. The van der Waals surface area contributed by atoms with E-state index in [1.807, 2.05) is 11.9 Å². The Hall–Kier alpha value is -1.17. The van der Waals surface area contributed by atoms with Gasteiger partial charge in [-0.25, -0.2) is 0 Å². The maximum absolute atomic E-state index is 12.0. The van der Waals surface area contributed by atoms with Gasteiger partial charge < -0.3 is 9.80 Å². The number of aromatic nitrogens is 2. The number of piperidine rings is 1. The number of hydrogen-bond donors (Lipinski definition) is 0. The van der Waals surface area contributed by atoms with Gasteiger partial charge in [0.15, 0.2) is 0 Å². The van der Waals surface area contributed by atoms with E-state index in [2.05, 4.69) is 28.9 Å². The number of nitrogens with zero attached hydrogens (tertiary/aromatic N) is 4. The van der Waals surface area contributed by atoms with Gasteiger partial charge in [-0.15, -0.1) is 10.2 Å². The molecule has 0 atom stereocenters. The first-order chi connectivity index (χ1) is 10.5. The molecule has 1 amide bonds. The quantitative estimate of drug-likeness (QED) is 0.836. The summed E-state index contributed by atoms with van der Waals surface area (Å²) in [5.41, 5.74) is 0. The maximum Gasteiger partial charge on any atom is 0.225 e. The van der Waals surface area contributed by atoms with E-state index in [9.17, 15) is 4.79 Å². The second-order valence-electron chi connectivity index (χ2n) is 7.00. The molecule has 1 aromatic rings. The lowest BCUT2D eigenvalue weighted by molar-refractivity contribution is -0.131. The minimum atomic E-state index is 0.334. The van der Waals surface area contributed by atoms with Crippen molar-refractivity contribution in [1.29, 1.82) is 0 Å². The van der Waals surface area contributed by atoms with Crippen molar-refractivity contribution in [2.75, 3.05) is 31.6 Å². The Bertz CT molecular complexity index is 518. The Morgan fingerprint density at radius 2 is 1.95 bits per heavy atom. The number of rotatable bonds is 5. The maximum atomic E-state index is 12.0. The molecule has 0 radical (unpaired) electrons. The summed E-state index contributed by atoms with van der Waals surface area (Å²) >= 11 is 1.72. The van der Waals surface area contributed by atoms with Crippen LogP contribution in [-0.2, 0) is 4.79 Å². The summed E-state index contributed by atoms with van der Waals surface area (Å²) in [7, 11) is 1.96. The van der Waals surface area contributed by atoms with Crippen LogP contribution in [-0.4, -0.2) is 47.7 Å². The monoisotopic (exact) mass is 322 g/mol. The van der Waals surface area contributed by atoms with E-state index in [1.165, 1.54) is 0 Å². The lowest BCUT2D eigenvalue weighted by Crippen LogP contribution is -2.39. The van der Waals surface area contributed by atoms with E-state index in [1.54, 1.807) is 11.3 Å². The molecule has 0 bridgehead atoms. The summed E-state index contributed by atoms with van der Waals surface area (Å²) < 4.78 is 0. The van der Waals surface area contributed by atoms with Crippen LogP contribution in [0.15, 0.2) is 0 Å². The molecule has 22 heavy (non-hydrogen) atoms. The Kier molecular flexibility index (Phi) is 4.66. The highest BCUT2D eigenvalue weighted by Crippen LogP contribution is 2.32. The van der Waals surface area contributed by atoms with Crippen LogP contribution in [0, 0.1) is 11.8 Å². The molecule has 3 rings (SSSR count). The van der Waals surface area contributed by atoms with Gasteiger partial charge in [-0.05, 0) is 31.6 Å². The minimum absolute atomic E-state index is 0.334. The second-order valence-corrected chi connectivity index (χ2v) is 7.99. The van der Waals surface area contributed by atoms with Crippen LogP contribution in [0.2, 0.25) is 0 Å². The van der Waals surface area contributed by atoms with E-state index in [0.717, 1.165) is 55.5 Å². The predicted octanol–water partition coefficient (Wildman–Crippen LogP) is 2.75. The van der Waals surface area contributed by atoms with Crippen LogP contribution in [0.4, 0.5) is 5.13 Å². The fourth-order valence-electron chi connectivity index (χ4n) is 3.01. The molecule has 2 aliphatic rings. The van der Waals surface area contributed by atoms with Crippen molar-refractivity contribution in [1.82, 2.24) is 15.1 Å². The fourth-order valence-corrected chi connectivity index (χ4v) is 3.91. The summed E-state index contributed by atoms with van der Waals surface area (Å²) in [6.45, 7) is 7.29. The van der Waals surface area contributed by atoms with E-state index in [0.29, 0.717) is 23.7 Å². The van der Waals surface area contributed by atoms with Crippen molar-refractivity contribution in [3.63, 3.8) is 0 Å². The molecule has 0 N–H and O–H groups in total. The van der Waals surface area contributed by atoms with Crippen molar-refractivity contribution < 1.29 is 4.79 Å². The molecular weight excluding hydrogens is 296 g/mol. The lowest BCUT2D eigenvalue weighted by Gasteiger charge is -2.33. The van der Waals surface area contributed by atoms with Gasteiger partial charge in [0.25, 0.3) is 0 Å². The van der Waals surface area contributed by atoms with Gasteiger partial charge >= 0.3 is 0 Å². The number of hydrogen-bond acceptors (Lipinski definition) is 5. The van der Waals surface area contributed by atoms with Gasteiger partial charge in [-0.2, -0.15) is 0 Å². The number of anilines is 1. The van der Waals surface area contributed by atoms with Crippen molar-refractivity contribution in [2.45, 2.75) is 45.4 Å². The highest BCUT2D eigenvalue weighted by molar-refractivity contribution is 7.15. The predicted molar refractivity (Wildman–Crippen MR) is 89.3 cm³/mol. The number of amides is 1. The lowest BCUT2D eigenvalue weighted by atomic mass is 9.96. The van der Waals surface area contributed by atoms with E-state index < -0.39 is 0 Å². The highest BCUT2D eigenvalue weighted by Gasteiger charge is 2.33. The Morgan fingerprint density at radius 1 is 1.27 bits per heavy atom. The van der Waals surface area contributed by atoms with Gasteiger partial charge in [0.1, 0.15) is 5.01 Å². The summed E-state index contributed by atoms with van der Waals surface area (Å²) in [6.07, 6.45) is 4.46. The van der Waals surface area contributed by atoms with Crippen molar-refractivity contribution in [2.24, 2.45) is 11.8 Å². The summed E-state index contributed by atoms with van der Waals surface area (Å²) in [5.74, 6) is 1.77. The molecule has 0 spiro atoms. The third kappa shape index (κ3) is 3.59. The van der Waals surface area contributed by atoms with Crippen LogP contribution in [0.3, 0.4) is 0 Å². The first-order valence-corrected chi connectivity index (χ1v) is 9.19. The smallest absolute Gasteiger partial charge is 0.225 e. The van der Waals surface area contributed by atoms with Crippen molar-refractivity contribution >= 4 is 22.4 Å². The molecule has 2 heterocycles. The van der Waals surface area contributed by atoms with Crippen LogP contribution in [0.25, 0.3) is 0 Å². The molecule has 1 aliphatic heterocycles. The average Bonchev–Trinajstić information content (AvgIpc) is 3.23. The van der Waals surface area contributed by atoms with E-state index in [-0.39, 0.29) is 0 Å². The van der Waals surface area contributed by atoms with Gasteiger partial charge in [0.05, 0.1) is 0 Å². The molecule has 122 valence electrons. The molecule has 6 heteroatoms. The van der Waals surface area contributed by atoms with Crippen LogP contribution in [0.5, 0.6) is 0 Å². The van der Waals surface area contributed by atoms with Crippen LogP contribution < -0.4 is 4.90 Å². The average molecular weight is 322 g/mol. The first-order valence-electron chi connectivity index (χ1n) is 8.38. The topological polar surface area (TPSA) is 49.3 Å². The van der Waals surface area contributed by atoms with Gasteiger partial charge in [-0.1, -0.05) is 25.2 Å². The fraction of sp³-hybridized carbons (Fsp3) is 0.812. The molecule has 5 nitrogen and oxygen atoms in total. The molecule has 2 fully saturated rings. The van der Waals surface area contributed by atoms with Crippen molar-refractivity contribution in [3.8, 4) is 0 Å². The largest absolute Gasteiger partial charge is 0.347 e. The zero-order chi connectivity index (χ0) is 15.7. The SMILES string of the molecule is CC(C)c1nnc(N2CCC(CN(C)C(=O)C3CC3)CC2)s1. The van der Waals surface area contributed by atoms with E-state index in [4.69, 9.17) is 0 Å². The normalized spacial score (nSPS) is 19.7. The highest BCUT2D eigenvalue weighted by atomic mass is 32.1. The molecule has 1 aromatic heterocycles. The Balaban J connectivity index is 1.48. The summed E-state index contributed by atoms with van der Waals surface area (Å²) in [4.78, 5) is 16.3. The Morgan fingerprint density at radius 3 is 2.50 bits per heavy atom. The first kappa shape index (κ1) is 15.7. The van der Waals surface area contributed by atoms with Crippen LogP contribution >= 0.6 is 11.3 Å². The van der Waals surface area contributed by atoms with Gasteiger partial charge in [0.2, 0.25) is 11.0 Å².